The van der Waals surface area contributed by atoms with Gasteiger partial charge in [-0.2, -0.15) is 0 Å². The molecule has 0 atom stereocenters. The van der Waals surface area contributed by atoms with Crippen molar-refractivity contribution in [2.45, 2.75) is 34.2 Å². The number of rotatable bonds is 4. The number of aromatic nitrogens is 1. The predicted octanol–water partition coefficient (Wildman–Crippen LogP) is 5.54. The van der Waals surface area contributed by atoms with Crippen molar-refractivity contribution in [2.24, 2.45) is 16.1 Å². The van der Waals surface area contributed by atoms with Gasteiger partial charge in [0.05, 0.1) is 5.52 Å². The Morgan fingerprint density at radius 3 is 2.38 bits per heavy atom. The van der Waals surface area contributed by atoms with Crippen LogP contribution in [0.5, 0.6) is 5.88 Å². The van der Waals surface area contributed by atoms with Crippen molar-refractivity contribution >= 4 is 22.5 Å². The molecule has 0 saturated heterocycles. The Morgan fingerprint density at radius 1 is 1.08 bits per heavy atom. The first-order valence-electron chi connectivity index (χ1n) is 8.71. The van der Waals surface area contributed by atoms with Gasteiger partial charge in [0.1, 0.15) is 0 Å². The normalized spacial score (nSPS) is 11.7. The van der Waals surface area contributed by atoms with Crippen LogP contribution in [0.1, 0.15) is 35.3 Å². The van der Waals surface area contributed by atoms with Gasteiger partial charge < -0.3 is 9.67 Å². The van der Waals surface area contributed by atoms with E-state index < -0.39 is 5.91 Å². The van der Waals surface area contributed by atoms with E-state index in [2.05, 4.69) is 24.1 Å². The van der Waals surface area contributed by atoms with Crippen LogP contribution in [0.15, 0.2) is 52.7 Å². The highest BCUT2D eigenvalue weighted by molar-refractivity contribution is 5.97. The van der Waals surface area contributed by atoms with E-state index in [9.17, 15) is 9.90 Å². The van der Waals surface area contributed by atoms with Gasteiger partial charge in [-0.1, -0.05) is 43.2 Å². The smallest absolute Gasteiger partial charge is 0.295 e. The van der Waals surface area contributed by atoms with Crippen molar-refractivity contribution in [3.8, 4) is 5.88 Å². The van der Waals surface area contributed by atoms with Gasteiger partial charge in [0.15, 0.2) is 5.69 Å². The van der Waals surface area contributed by atoms with E-state index >= 15 is 0 Å². The molecule has 0 radical (unpaired) electrons. The van der Waals surface area contributed by atoms with Gasteiger partial charge in [-0.15, -0.1) is 10.2 Å². The molecule has 1 aromatic heterocycles. The highest BCUT2D eigenvalue weighted by Gasteiger charge is 2.18. The molecule has 2 aromatic carbocycles. The molecule has 26 heavy (non-hydrogen) atoms. The Bertz CT molecular complexity index is 983. The summed E-state index contributed by atoms with van der Waals surface area (Å²) in [4.78, 5) is 12.3. The van der Waals surface area contributed by atoms with Crippen LogP contribution in [0.4, 0.5) is 5.69 Å². The second-order valence-corrected chi connectivity index (χ2v) is 7.07. The van der Waals surface area contributed by atoms with E-state index in [0.717, 1.165) is 22.0 Å². The first kappa shape index (κ1) is 17.9. The van der Waals surface area contributed by atoms with Crippen LogP contribution < -0.4 is 0 Å². The number of nitrogens with zero attached hydrogens (tertiary/aromatic N) is 3. The number of hydrogen-bond donors (Lipinski definition) is 1. The summed E-state index contributed by atoms with van der Waals surface area (Å²) in [6.07, 6.45) is 0. The molecule has 3 aromatic rings. The molecular weight excluding hydrogens is 326 g/mol. The van der Waals surface area contributed by atoms with Gasteiger partial charge in [0.2, 0.25) is 5.88 Å². The highest BCUT2D eigenvalue weighted by Crippen LogP contribution is 2.39. The number of benzene rings is 2. The minimum absolute atomic E-state index is 0.0414. The van der Waals surface area contributed by atoms with E-state index in [1.165, 1.54) is 0 Å². The Balaban J connectivity index is 2.03. The summed E-state index contributed by atoms with van der Waals surface area (Å²) in [7, 11) is 0. The topological polar surface area (TPSA) is 66.9 Å². The van der Waals surface area contributed by atoms with Gasteiger partial charge in [-0.25, -0.2) is 0 Å². The first-order valence-corrected chi connectivity index (χ1v) is 8.71. The molecule has 0 aliphatic rings. The SMILES string of the molecule is Cc1ccc(C(=O)N=Nc2c(O)n(CC(C)C)c3ccc(C)cc23)cc1. The molecule has 0 aliphatic heterocycles. The molecule has 5 nitrogen and oxygen atoms in total. The molecule has 0 spiro atoms. The Morgan fingerprint density at radius 2 is 1.73 bits per heavy atom. The molecule has 1 amide bonds. The minimum Gasteiger partial charge on any atom is -0.493 e. The monoisotopic (exact) mass is 349 g/mol. The molecule has 0 unspecified atom stereocenters. The summed E-state index contributed by atoms with van der Waals surface area (Å²) in [5.74, 6) is -0.0293. The van der Waals surface area contributed by atoms with Crippen LogP contribution in [0.2, 0.25) is 0 Å². The fourth-order valence-corrected chi connectivity index (χ4v) is 2.94. The van der Waals surface area contributed by atoms with Crippen LogP contribution in [-0.2, 0) is 6.54 Å². The Kier molecular flexibility index (Phi) is 4.89. The van der Waals surface area contributed by atoms with Gasteiger partial charge in [0.25, 0.3) is 5.91 Å². The summed E-state index contributed by atoms with van der Waals surface area (Å²) >= 11 is 0. The van der Waals surface area contributed by atoms with Gasteiger partial charge >= 0.3 is 0 Å². The largest absolute Gasteiger partial charge is 0.493 e. The summed E-state index contributed by atoms with van der Waals surface area (Å²) in [5.41, 5.74) is 3.83. The van der Waals surface area contributed by atoms with E-state index in [4.69, 9.17) is 0 Å². The molecule has 0 aliphatic carbocycles. The Hall–Kier alpha value is -2.95. The fourth-order valence-electron chi connectivity index (χ4n) is 2.94. The van der Waals surface area contributed by atoms with Gasteiger partial charge in [-0.05, 0) is 44.0 Å². The lowest BCUT2D eigenvalue weighted by Gasteiger charge is -2.09. The van der Waals surface area contributed by atoms with Gasteiger partial charge in [-0.3, -0.25) is 4.79 Å². The van der Waals surface area contributed by atoms with Crippen molar-refractivity contribution in [3.05, 3.63) is 59.2 Å². The van der Waals surface area contributed by atoms with Gasteiger partial charge in [0, 0.05) is 17.5 Å². The van der Waals surface area contributed by atoms with Crippen molar-refractivity contribution in [1.29, 1.82) is 0 Å². The number of amides is 1. The third kappa shape index (κ3) is 3.52. The maximum absolute atomic E-state index is 12.3. The second kappa shape index (κ2) is 7.12. The second-order valence-electron chi connectivity index (χ2n) is 7.07. The van der Waals surface area contributed by atoms with E-state index in [1.807, 2.05) is 48.7 Å². The average molecular weight is 349 g/mol. The van der Waals surface area contributed by atoms with Crippen molar-refractivity contribution in [2.75, 3.05) is 0 Å². The van der Waals surface area contributed by atoms with E-state index in [-0.39, 0.29) is 5.88 Å². The standard InChI is InChI=1S/C21H23N3O2/c1-13(2)12-24-18-10-7-15(4)11-17(18)19(21(24)26)22-23-20(25)16-8-5-14(3)6-9-16/h5-11,13,26H,12H2,1-4H3. The maximum atomic E-state index is 12.3. The number of azo groups is 1. The summed E-state index contributed by atoms with van der Waals surface area (Å²) in [5, 5.41) is 19.4. The lowest BCUT2D eigenvalue weighted by atomic mass is 10.1. The summed E-state index contributed by atoms with van der Waals surface area (Å²) < 4.78 is 1.82. The third-order valence-corrected chi connectivity index (χ3v) is 4.25. The van der Waals surface area contributed by atoms with Crippen LogP contribution in [0.3, 0.4) is 0 Å². The minimum atomic E-state index is -0.429. The lowest BCUT2D eigenvalue weighted by Crippen LogP contribution is -2.03. The Labute approximate surface area is 153 Å². The van der Waals surface area contributed by atoms with Crippen molar-refractivity contribution in [3.63, 3.8) is 0 Å². The van der Waals surface area contributed by atoms with Crippen molar-refractivity contribution in [1.82, 2.24) is 4.57 Å². The number of hydrogen-bond acceptors (Lipinski definition) is 3. The number of fused-ring (bicyclic) bond motifs is 1. The zero-order valence-electron chi connectivity index (χ0n) is 15.5. The summed E-state index contributed by atoms with van der Waals surface area (Å²) in [6.45, 7) is 8.77. The van der Waals surface area contributed by atoms with E-state index in [1.54, 1.807) is 12.1 Å². The van der Waals surface area contributed by atoms with Crippen LogP contribution in [-0.4, -0.2) is 15.6 Å². The third-order valence-electron chi connectivity index (χ3n) is 4.25. The number of carbonyl (C=O) groups excluding carboxylic acids is 1. The zero-order valence-corrected chi connectivity index (χ0v) is 15.5. The first-order chi connectivity index (χ1) is 12.4. The number of aryl methyl sites for hydroxylation is 2. The quantitative estimate of drug-likeness (QED) is 0.628. The molecule has 5 heteroatoms. The molecule has 3 rings (SSSR count). The number of aromatic hydroxyl groups is 1. The molecule has 1 N–H and O–H groups in total. The molecule has 0 fully saturated rings. The maximum Gasteiger partial charge on any atom is 0.295 e. The highest BCUT2D eigenvalue weighted by atomic mass is 16.3. The van der Waals surface area contributed by atoms with Crippen LogP contribution >= 0.6 is 0 Å². The van der Waals surface area contributed by atoms with Crippen LogP contribution in [0, 0.1) is 19.8 Å². The molecule has 134 valence electrons. The van der Waals surface area contributed by atoms with Crippen LogP contribution in [0.25, 0.3) is 10.9 Å². The average Bonchev–Trinajstić information content (AvgIpc) is 2.84. The molecule has 0 bridgehead atoms. The lowest BCUT2D eigenvalue weighted by molar-refractivity contribution is 0.0995. The van der Waals surface area contributed by atoms with E-state index in [0.29, 0.717) is 23.7 Å². The predicted molar refractivity (Wildman–Crippen MR) is 103 cm³/mol. The molecule has 1 heterocycles. The molecule has 0 saturated carbocycles. The molecular formula is C21H23N3O2. The zero-order chi connectivity index (χ0) is 18.8. The number of carbonyl (C=O) groups is 1. The summed E-state index contributed by atoms with van der Waals surface area (Å²) in [6, 6.07) is 13.1. The fraction of sp³-hybridized carbons (Fsp3) is 0.286. The van der Waals surface area contributed by atoms with Crippen molar-refractivity contribution < 1.29 is 9.90 Å².